The molecule has 2 aliphatic heterocycles. The van der Waals surface area contributed by atoms with E-state index in [2.05, 4.69) is 39.3 Å². The molecule has 2 aliphatic rings. The summed E-state index contributed by atoms with van der Waals surface area (Å²) in [7, 11) is 0. The van der Waals surface area contributed by atoms with E-state index in [0.717, 1.165) is 37.8 Å². The Kier molecular flexibility index (Phi) is 12.6. The number of ether oxygens (including phenoxy) is 2. The van der Waals surface area contributed by atoms with Crippen LogP contribution in [0.15, 0.2) is 48.5 Å². The largest absolute Gasteiger partial charge is 0.462 e. The first kappa shape index (κ1) is 34.3. The van der Waals surface area contributed by atoms with Crippen LogP contribution in [0.4, 0.5) is 13.2 Å². The summed E-state index contributed by atoms with van der Waals surface area (Å²) in [5, 5.41) is 16.7. The van der Waals surface area contributed by atoms with Crippen molar-refractivity contribution in [1.82, 2.24) is 15.5 Å². The van der Waals surface area contributed by atoms with Crippen LogP contribution in [0.3, 0.4) is 0 Å². The maximum absolute atomic E-state index is 13.4. The van der Waals surface area contributed by atoms with Gasteiger partial charge in [-0.25, -0.2) is 0 Å². The summed E-state index contributed by atoms with van der Waals surface area (Å²) in [4.78, 5) is 11.7. The van der Waals surface area contributed by atoms with Crippen molar-refractivity contribution >= 4 is 18.1 Å². The molecule has 2 heterocycles. The number of halogens is 4. The van der Waals surface area contributed by atoms with E-state index in [1.54, 1.807) is 6.07 Å². The number of piperidine rings is 1. The van der Waals surface area contributed by atoms with Gasteiger partial charge in [-0.3, -0.25) is 15.0 Å². The molecule has 234 valence electrons. The Morgan fingerprint density at radius 3 is 2.29 bits per heavy atom. The van der Waals surface area contributed by atoms with Crippen LogP contribution >= 0.6 is 11.6 Å². The van der Waals surface area contributed by atoms with Crippen LogP contribution in [0.25, 0.3) is 0 Å². The van der Waals surface area contributed by atoms with E-state index in [1.807, 2.05) is 39.0 Å². The molecular formula is C31H43ClF3N3O4. The quantitative estimate of drug-likeness (QED) is 0.321. The highest BCUT2D eigenvalue weighted by Gasteiger charge is 2.38. The summed E-state index contributed by atoms with van der Waals surface area (Å²) in [6.07, 6.45) is -1.49. The number of nitrogens with zero attached hydrogens (tertiary/aromatic N) is 1. The molecule has 2 aromatic rings. The number of aliphatic hydroxyl groups is 1. The van der Waals surface area contributed by atoms with E-state index in [1.165, 1.54) is 5.56 Å². The summed E-state index contributed by atoms with van der Waals surface area (Å²) in [5.41, 5.74) is 0.648. The molecule has 0 radical (unpaired) electrons. The summed E-state index contributed by atoms with van der Waals surface area (Å²) < 4.78 is 50.9. The molecule has 5 atom stereocenters. The van der Waals surface area contributed by atoms with Gasteiger partial charge in [0.05, 0.1) is 24.8 Å². The molecule has 2 saturated heterocycles. The number of carbonyl (C=O) groups excluding carboxylic acids is 1. The molecule has 42 heavy (non-hydrogen) atoms. The number of carbonyl (C=O) groups is 1. The number of hydrogen-bond donors (Lipinski definition) is 3. The molecular weight excluding hydrogens is 571 g/mol. The lowest BCUT2D eigenvalue weighted by Crippen LogP contribution is -2.57. The number of aliphatic hydroxyl groups excluding tert-OH is 1. The monoisotopic (exact) mass is 613 g/mol. The maximum Gasteiger partial charge on any atom is 0.416 e. The predicted molar refractivity (Wildman–Crippen MR) is 157 cm³/mol. The lowest BCUT2D eigenvalue weighted by Gasteiger charge is -2.44. The van der Waals surface area contributed by atoms with Gasteiger partial charge in [-0.05, 0) is 75.8 Å². The first-order valence-corrected chi connectivity index (χ1v) is 14.7. The van der Waals surface area contributed by atoms with E-state index in [9.17, 15) is 23.1 Å². The minimum atomic E-state index is -4.47. The second kappa shape index (κ2) is 15.5. The van der Waals surface area contributed by atoms with Crippen LogP contribution in [0.2, 0.25) is 5.02 Å². The molecule has 0 spiro atoms. The zero-order valence-corrected chi connectivity index (χ0v) is 25.4. The van der Waals surface area contributed by atoms with Crippen molar-refractivity contribution in [3.63, 3.8) is 0 Å². The zero-order chi connectivity index (χ0) is 30.9. The number of hydrogen-bond acceptors (Lipinski definition) is 7. The van der Waals surface area contributed by atoms with E-state index in [0.29, 0.717) is 18.6 Å². The van der Waals surface area contributed by atoms with Crippen LogP contribution < -0.4 is 10.6 Å². The standard InChI is InChI=1S/C26H33ClF3N3O2.C5H10O2/c1-2-21-12-24(13-22(31-21)10-17-6-4-3-5-7-17)33(25-32-23(15-34)16-35-25)14-18-8-19(26(28,29)30)11-20(27)9-18;1-5(2,3)7-4-6/h3-9,11,21-25,31-32,34H,2,10,12-16H2,1H3;4H,1-3H3. The van der Waals surface area contributed by atoms with Gasteiger partial charge in [-0.1, -0.05) is 48.9 Å². The van der Waals surface area contributed by atoms with E-state index < -0.39 is 18.1 Å². The fraction of sp³-hybridized carbons (Fsp3) is 0.581. The van der Waals surface area contributed by atoms with Gasteiger partial charge in [-0.15, -0.1) is 0 Å². The highest BCUT2D eigenvalue weighted by atomic mass is 35.5. The Morgan fingerprint density at radius 2 is 1.74 bits per heavy atom. The molecule has 11 heteroatoms. The fourth-order valence-corrected chi connectivity index (χ4v) is 5.54. The van der Waals surface area contributed by atoms with Gasteiger partial charge < -0.3 is 19.9 Å². The average molecular weight is 614 g/mol. The van der Waals surface area contributed by atoms with Gasteiger partial charge in [-0.2, -0.15) is 13.2 Å². The summed E-state index contributed by atoms with van der Waals surface area (Å²) in [5.74, 6) is 0. The van der Waals surface area contributed by atoms with Crippen molar-refractivity contribution in [2.75, 3.05) is 13.2 Å². The molecule has 2 aromatic carbocycles. The number of rotatable bonds is 9. The minimum Gasteiger partial charge on any atom is -0.462 e. The van der Waals surface area contributed by atoms with Crippen molar-refractivity contribution in [1.29, 1.82) is 0 Å². The van der Waals surface area contributed by atoms with Crippen molar-refractivity contribution in [2.45, 2.75) is 102 Å². The first-order valence-electron chi connectivity index (χ1n) is 14.3. The molecule has 7 nitrogen and oxygen atoms in total. The van der Waals surface area contributed by atoms with Gasteiger partial charge >= 0.3 is 6.18 Å². The molecule has 0 saturated carbocycles. The predicted octanol–water partition coefficient (Wildman–Crippen LogP) is 5.52. The average Bonchev–Trinajstić information content (AvgIpc) is 3.40. The molecule has 3 N–H and O–H groups in total. The van der Waals surface area contributed by atoms with Gasteiger partial charge in [0.25, 0.3) is 6.47 Å². The van der Waals surface area contributed by atoms with E-state index in [-0.39, 0.29) is 47.9 Å². The summed E-state index contributed by atoms with van der Waals surface area (Å²) >= 11 is 6.08. The molecule has 4 rings (SSSR count). The minimum absolute atomic E-state index is 0.0574. The lowest BCUT2D eigenvalue weighted by atomic mass is 9.88. The number of benzene rings is 2. The van der Waals surface area contributed by atoms with Crippen molar-refractivity contribution in [3.8, 4) is 0 Å². The summed E-state index contributed by atoms with van der Waals surface area (Å²) in [6.45, 7) is 8.59. The fourth-order valence-electron chi connectivity index (χ4n) is 5.28. The molecule has 2 fully saturated rings. The third kappa shape index (κ3) is 10.8. The highest BCUT2D eigenvalue weighted by Crippen LogP contribution is 2.33. The Labute approximate surface area is 251 Å². The van der Waals surface area contributed by atoms with E-state index >= 15 is 0 Å². The van der Waals surface area contributed by atoms with Gasteiger partial charge in [0.15, 0.2) is 6.35 Å². The third-order valence-electron chi connectivity index (χ3n) is 7.28. The van der Waals surface area contributed by atoms with Crippen molar-refractivity contribution in [3.05, 3.63) is 70.2 Å². The highest BCUT2D eigenvalue weighted by molar-refractivity contribution is 6.30. The van der Waals surface area contributed by atoms with Crippen LogP contribution in [-0.2, 0) is 33.4 Å². The van der Waals surface area contributed by atoms with Gasteiger partial charge in [0.2, 0.25) is 0 Å². The van der Waals surface area contributed by atoms with E-state index in [4.69, 9.17) is 16.3 Å². The van der Waals surface area contributed by atoms with Crippen molar-refractivity contribution in [2.24, 2.45) is 0 Å². The van der Waals surface area contributed by atoms with Crippen molar-refractivity contribution < 1.29 is 32.5 Å². The smallest absolute Gasteiger partial charge is 0.416 e. The Bertz CT molecular complexity index is 1120. The molecule has 0 amide bonds. The van der Waals surface area contributed by atoms with Gasteiger partial charge in [0, 0.05) is 29.7 Å². The molecule has 0 bridgehead atoms. The van der Waals surface area contributed by atoms with Crippen LogP contribution in [-0.4, -0.2) is 65.8 Å². The Morgan fingerprint density at radius 1 is 1.05 bits per heavy atom. The molecule has 5 unspecified atom stereocenters. The summed E-state index contributed by atoms with van der Waals surface area (Å²) in [6, 6.07) is 14.4. The first-order chi connectivity index (χ1) is 19.8. The number of nitrogens with one attached hydrogen (secondary N) is 2. The van der Waals surface area contributed by atoms with Crippen LogP contribution in [0.1, 0.15) is 63.6 Å². The zero-order valence-electron chi connectivity index (χ0n) is 24.7. The van der Waals surface area contributed by atoms with Gasteiger partial charge in [0.1, 0.15) is 5.60 Å². The normalized spacial score (nSPS) is 24.7. The maximum atomic E-state index is 13.4. The Balaban J connectivity index is 0.000000616. The third-order valence-corrected chi connectivity index (χ3v) is 7.50. The SMILES string of the molecule is CC(C)(C)OC=O.CCC1CC(N(Cc2cc(Cl)cc(C(F)(F)F)c2)C2NC(CO)CO2)CC(Cc2ccccc2)N1. The topological polar surface area (TPSA) is 83.1 Å². The second-order valence-electron chi connectivity index (χ2n) is 11.9. The molecule has 0 aliphatic carbocycles. The van der Waals surface area contributed by atoms with Crippen LogP contribution in [0.5, 0.6) is 0 Å². The van der Waals surface area contributed by atoms with Crippen LogP contribution in [0, 0.1) is 0 Å². The number of alkyl halides is 3. The lowest BCUT2D eigenvalue weighted by molar-refractivity contribution is -0.139. The second-order valence-corrected chi connectivity index (χ2v) is 12.3. The Hall–Kier alpha value is -2.21. The molecule has 0 aromatic heterocycles.